The van der Waals surface area contributed by atoms with Crippen LogP contribution < -0.4 is 0 Å². The highest BCUT2D eigenvalue weighted by atomic mass is 35.5. The Balaban J connectivity index is 3.41. The van der Waals surface area contributed by atoms with Gasteiger partial charge >= 0.3 is 0 Å². The highest BCUT2D eigenvalue weighted by Gasteiger charge is 2.14. The third kappa shape index (κ3) is 1.76. The van der Waals surface area contributed by atoms with E-state index in [-0.39, 0.29) is 16.4 Å². The number of halogens is 1. The number of nitro groups is 1. The van der Waals surface area contributed by atoms with Crippen LogP contribution in [0.4, 0.5) is 11.4 Å². The van der Waals surface area contributed by atoms with Gasteiger partial charge in [-0.05, 0) is 18.6 Å². The van der Waals surface area contributed by atoms with Gasteiger partial charge in [-0.1, -0.05) is 11.6 Å². The van der Waals surface area contributed by atoms with Gasteiger partial charge in [-0.25, -0.2) is 4.85 Å². The average Bonchev–Trinajstić information content (AvgIpc) is 2.03. The van der Waals surface area contributed by atoms with Gasteiger partial charge in [-0.2, -0.15) is 0 Å². The Bertz CT molecular complexity index is 409. The Morgan fingerprint density at radius 1 is 1.62 bits per heavy atom. The highest BCUT2D eigenvalue weighted by Crippen LogP contribution is 2.31. The molecule has 0 saturated heterocycles. The van der Waals surface area contributed by atoms with Crippen molar-refractivity contribution in [1.82, 2.24) is 0 Å². The van der Waals surface area contributed by atoms with Crippen LogP contribution in [0.5, 0.6) is 0 Å². The van der Waals surface area contributed by atoms with Gasteiger partial charge in [0.05, 0.1) is 11.5 Å². The monoisotopic (exact) mass is 196 g/mol. The molecule has 1 aromatic rings. The number of rotatable bonds is 1. The zero-order valence-electron chi connectivity index (χ0n) is 6.74. The van der Waals surface area contributed by atoms with Crippen LogP contribution in [0.2, 0.25) is 5.02 Å². The molecular weight excluding hydrogens is 192 g/mol. The second kappa shape index (κ2) is 3.42. The van der Waals surface area contributed by atoms with Gasteiger partial charge in [0.25, 0.3) is 5.69 Å². The van der Waals surface area contributed by atoms with Crippen LogP contribution in [-0.4, -0.2) is 4.92 Å². The first-order valence-corrected chi connectivity index (χ1v) is 3.76. The molecule has 0 fully saturated rings. The first-order chi connectivity index (χ1) is 6.06. The minimum Gasteiger partial charge on any atom is -0.258 e. The predicted octanol–water partition coefficient (Wildman–Crippen LogP) is 3.11. The zero-order chi connectivity index (χ0) is 10.0. The Labute approximate surface area is 79.7 Å². The van der Waals surface area contributed by atoms with E-state index in [0.717, 1.165) is 0 Å². The summed E-state index contributed by atoms with van der Waals surface area (Å²) >= 11 is 5.61. The molecule has 4 nitrogen and oxygen atoms in total. The molecule has 0 N–H and O–H groups in total. The number of benzene rings is 1. The molecule has 0 heterocycles. The van der Waals surface area contributed by atoms with Crippen LogP contribution in [0, 0.1) is 23.6 Å². The normalized spacial score (nSPS) is 9.31. The van der Waals surface area contributed by atoms with Gasteiger partial charge in [-0.3, -0.25) is 10.1 Å². The number of aryl methyl sites for hydroxylation is 1. The molecule has 0 atom stereocenters. The van der Waals surface area contributed by atoms with Gasteiger partial charge < -0.3 is 0 Å². The molecule has 0 radical (unpaired) electrons. The third-order valence-electron chi connectivity index (χ3n) is 1.58. The van der Waals surface area contributed by atoms with E-state index in [2.05, 4.69) is 4.85 Å². The maximum absolute atomic E-state index is 10.4. The standard InChI is InChI=1S/C8H5ClN2O2/c1-5-3-6(9)8(11(12)13)4-7(5)10-2/h3-4H,1H3. The number of nitro benzene ring substituents is 1. The third-order valence-corrected chi connectivity index (χ3v) is 1.89. The predicted molar refractivity (Wildman–Crippen MR) is 49.1 cm³/mol. The highest BCUT2D eigenvalue weighted by molar-refractivity contribution is 6.32. The van der Waals surface area contributed by atoms with Crippen LogP contribution >= 0.6 is 11.6 Å². The molecule has 66 valence electrons. The maximum Gasteiger partial charge on any atom is 0.277 e. The average molecular weight is 197 g/mol. The number of nitrogens with zero attached hydrogens (tertiary/aromatic N) is 2. The van der Waals surface area contributed by atoms with E-state index in [1.54, 1.807) is 6.92 Å². The van der Waals surface area contributed by atoms with Gasteiger partial charge in [0.1, 0.15) is 5.02 Å². The summed E-state index contributed by atoms with van der Waals surface area (Å²) in [6, 6.07) is 2.61. The molecule has 0 aliphatic carbocycles. The fraction of sp³-hybridized carbons (Fsp3) is 0.125. The fourth-order valence-electron chi connectivity index (χ4n) is 0.911. The number of hydrogen-bond donors (Lipinski definition) is 0. The van der Waals surface area contributed by atoms with Crippen molar-refractivity contribution in [3.63, 3.8) is 0 Å². The van der Waals surface area contributed by atoms with Crippen LogP contribution in [0.15, 0.2) is 12.1 Å². The van der Waals surface area contributed by atoms with E-state index in [0.29, 0.717) is 5.56 Å². The van der Waals surface area contributed by atoms with Crippen molar-refractivity contribution in [2.24, 2.45) is 0 Å². The summed E-state index contributed by atoms with van der Waals surface area (Å²) in [5.41, 5.74) is 0.681. The van der Waals surface area contributed by atoms with Crippen molar-refractivity contribution in [1.29, 1.82) is 0 Å². The first-order valence-electron chi connectivity index (χ1n) is 3.38. The molecule has 0 aliphatic heterocycles. The molecule has 0 bridgehead atoms. The molecule has 0 aliphatic rings. The maximum atomic E-state index is 10.4. The molecule has 0 unspecified atom stereocenters. The summed E-state index contributed by atoms with van der Waals surface area (Å²) in [5, 5.41) is 10.5. The molecule has 13 heavy (non-hydrogen) atoms. The van der Waals surface area contributed by atoms with Crippen molar-refractivity contribution < 1.29 is 4.92 Å². The second-order valence-electron chi connectivity index (χ2n) is 2.46. The molecule has 0 saturated carbocycles. The van der Waals surface area contributed by atoms with Gasteiger partial charge in [0.2, 0.25) is 0 Å². The Hall–Kier alpha value is -1.60. The summed E-state index contributed by atoms with van der Waals surface area (Å²) < 4.78 is 0. The number of hydrogen-bond acceptors (Lipinski definition) is 2. The summed E-state index contributed by atoms with van der Waals surface area (Å²) in [6.45, 7) is 8.44. The van der Waals surface area contributed by atoms with E-state index in [1.165, 1.54) is 12.1 Å². The van der Waals surface area contributed by atoms with Crippen LogP contribution in [-0.2, 0) is 0 Å². The molecule has 0 amide bonds. The SMILES string of the molecule is [C-]#[N+]c1cc([N+](=O)[O-])c(Cl)cc1C. The van der Waals surface area contributed by atoms with E-state index in [1.807, 2.05) is 0 Å². The van der Waals surface area contributed by atoms with E-state index in [9.17, 15) is 10.1 Å². The summed E-state index contributed by atoms with van der Waals surface area (Å²) in [6.07, 6.45) is 0. The Kier molecular flexibility index (Phi) is 2.49. The lowest BCUT2D eigenvalue weighted by Crippen LogP contribution is -1.89. The first kappa shape index (κ1) is 9.49. The second-order valence-corrected chi connectivity index (χ2v) is 2.87. The van der Waals surface area contributed by atoms with Crippen molar-refractivity contribution in [3.8, 4) is 0 Å². The zero-order valence-corrected chi connectivity index (χ0v) is 7.50. The van der Waals surface area contributed by atoms with E-state index in [4.69, 9.17) is 18.2 Å². The van der Waals surface area contributed by atoms with Gasteiger partial charge in [0.15, 0.2) is 5.69 Å². The van der Waals surface area contributed by atoms with Crippen molar-refractivity contribution in [2.45, 2.75) is 6.92 Å². The molecule has 1 aromatic carbocycles. The van der Waals surface area contributed by atoms with Crippen LogP contribution in [0.1, 0.15) is 5.56 Å². The molecular formula is C8H5ClN2O2. The van der Waals surface area contributed by atoms with Crippen molar-refractivity contribution in [2.75, 3.05) is 0 Å². The Morgan fingerprint density at radius 3 is 2.69 bits per heavy atom. The van der Waals surface area contributed by atoms with Crippen LogP contribution in [0.3, 0.4) is 0 Å². The summed E-state index contributed by atoms with van der Waals surface area (Å²) in [5.74, 6) is 0. The van der Waals surface area contributed by atoms with Gasteiger partial charge in [-0.15, -0.1) is 0 Å². The Morgan fingerprint density at radius 2 is 2.23 bits per heavy atom. The van der Waals surface area contributed by atoms with E-state index < -0.39 is 4.92 Å². The minimum atomic E-state index is -0.601. The lowest BCUT2D eigenvalue weighted by molar-refractivity contribution is -0.384. The topological polar surface area (TPSA) is 47.5 Å². The summed E-state index contributed by atoms with van der Waals surface area (Å²) in [4.78, 5) is 13.0. The lowest BCUT2D eigenvalue weighted by atomic mass is 10.2. The molecule has 0 aromatic heterocycles. The molecule has 1 rings (SSSR count). The van der Waals surface area contributed by atoms with E-state index >= 15 is 0 Å². The van der Waals surface area contributed by atoms with Crippen LogP contribution in [0.25, 0.3) is 4.85 Å². The van der Waals surface area contributed by atoms with Crippen molar-refractivity contribution >= 4 is 23.0 Å². The quantitative estimate of drug-likeness (QED) is 0.394. The lowest BCUT2D eigenvalue weighted by Gasteiger charge is -1.98. The van der Waals surface area contributed by atoms with Gasteiger partial charge in [0, 0.05) is 6.07 Å². The van der Waals surface area contributed by atoms with Crippen molar-refractivity contribution in [3.05, 3.63) is 44.3 Å². The fourth-order valence-corrected chi connectivity index (χ4v) is 1.20. The largest absolute Gasteiger partial charge is 0.277 e. The summed E-state index contributed by atoms with van der Waals surface area (Å²) in [7, 11) is 0. The minimum absolute atomic E-state index is 0.0647. The molecule has 5 heteroatoms. The smallest absolute Gasteiger partial charge is 0.258 e. The molecule has 0 spiro atoms.